The number of carbonyl (C=O) groups excluding carboxylic acids is 2. The lowest BCUT2D eigenvalue weighted by Crippen LogP contribution is -2.43. The molecule has 31 heavy (non-hydrogen) atoms. The second-order valence-corrected chi connectivity index (χ2v) is 7.73. The fourth-order valence-electron chi connectivity index (χ4n) is 3.46. The molecule has 1 atom stereocenters. The second-order valence-electron chi connectivity index (χ2n) is 7.73. The van der Waals surface area contributed by atoms with Crippen LogP contribution in [-0.4, -0.2) is 54.8 Å². The Morgan fingerprint density at radius 2 is 1.84 bits per heavy atom. The Kier molecular flexibility index (Phi) is 7.28. The molecule has 0 radical (unpaired) electrons. The minimum atomic E-state index is -0.263. The summed E-state index contributed by atoms with van der Waals surface area (Å²) in [4.78, 5) is 26.7. The molecule has 3 rings (SSSR count). The zero-order valence-corrected chi connectivity index (χ0v) is 18.6. The van der Waals surface area contributed by atoms with Gasteiger partial charge in [-0.2, -0.15) is 5.10 Å². The van der Waals surface area contributed by atoms with E-state index in [9.17, 15) is 9.59 Å². The van der Waals surface area contributed by atoms with Gasteiger partial charge in [0.1, 0.15) is 12.3 Å². The van der Waals surface area contributed by atoms with Crippen LogP contribution < -0.4 is 10.1 Å². The van der Waals surface area contributed by atoms with Crippen LogP contribution in [0, 0.1) is 6.92 Å². The first-order valence-corrected chi connectivity index (χ1v) is 10.5. The van der Waals surface area contributed by atoms with Crippen molar-refractivity contribution >= 4 is 17.6 Å². The van der Waals surface area contributed by atoms with E-state index in [1.165, 1.54) is 9.91 Å². The van der Waals surface area contributed by atoms with E-state index >= 15 is 0 Å². The predicted molar refractivity (Wildman–Crippen MR) is 121 cm³/mol. The SMILES string of the molecule is CCCNC(=O)N(C)CC(=O)N1N=C(c2ccc(OC)cc2)C[C@H]1c1ccc(C)cc1. The Morgan fingerprint density at radius 3 is 2.45 bits per heavy atom. The lowest BCUT2D eigenvalue weighted by Gasteiger charge is -2.25. The van der Waals surface area contributed by atoms with Gasteiger partial charge in [-0.3, -0.25) is 4.79 Å². The van der Waals surface area contributed by atoms with Crippen molar-refractivity contribution < 1.29 is 14.3 Å². The summed E-state index contributed by atoms with van der Waals surface area (Å²) >= 11 is 0. The summed E-state index contributed by atoms with van der Waals surface area (Å²) in [6, 6.07) is 15.3. The molecule has 0 fully saturated rings. The smallest absolute Gasteiger partial charge is 0.317 e. The molecule has 0 spiro atoms. The molecule has 0 unspecified atom stereocenters. The van der Waals surface area contributed by atoms with E-state index in [1.54, 1.807) is 14.2 Å². The van der Waals surface area contributed by atoms with Crippen LogP contribution in [0.5, 0.6) is 5.75 Å². The molecule has 2 aromatic carbocycles. The normalized spacial score (nSPS) is 15.4. The lowest BCUT2D eigenvalue weighted by atomic mass is 9.97. The van der Waals surface area contributed by atoms with Gasteiger partial charge in [-0.25, -0.2) is 9.80 Å². The Labute approximate surface area is 183 Å². The summed E-state index contributed by atoms with van der Waals surface area (Å²) in [5.41, 5.74) is 3.95. The summed E-state index contributed by atoms with van der Waals surface area (Å²) in [5, 5.41) is 8.98. The van der Waals surface area contributed by atoms with Gasteiger partial charge in [-0.15, -0.1) is 0 Å². The highest BCUT2D eigenvalue weighted by molar-refractivity contribution is 6.03. The Bertz CT molecular complexity index is 938. The zero-order valence-electron chi connectivity index (χ0n) is 18.6. The molecule has 1 N–H and O–H groups in total. The Balaban J connectivity index is 1.83. The minimum absolute atomic E-state index is 0.0443. The predicted octanol–water partition coefficient (Wildman–Crippen LogP) is 3.73. The number of urea groups is 1. The minimum Gasteiger partial charge on any atom is -0.497 e. The average molecular weight is 423 g/mol. The highest BCUT2D eigenvalue weighted by atomic mass is 16.5. The van der Waals surface area contributed by atoms with Gasteiger partial charge in [0.05, 0.1) is 18.9 Å². The first-order chi connectivity index (χ1) is 14.9. The molecule has 0 bridgehead atoms. The van der Waals surface area contributed by atoms with Crippen molar-refractivity contribution in [3.63, 3.8) is 0 Å². The van der Waals surface area contributed by atoms with Gasteiger partial charge >= 0.3 is 6.03 Å². The summed E-state index contributed by atoms with van der Waals surface area (Å²) in [6.07, 6.45) is 1.44. The standard InChI is InChI=1S/C24H30N4O3/c1-5-14-25-24(30)27(3)16-23(29)28-22(19-8-6-17(2)7-9-19)15-21(26-28)18-10-12-20(31-4)13-11-18/h6-13,22H,5,14-16H2,1-4H3,(H,25,30)/t22-/m0/s1. The van der Waals surface area contributed by atoms with Crippen molar-refractivity contribution in [3.05, 3.63) is 65.2 Å². The van der Waals surface area contributed by atoms with E-state index in [-0.39, 0.29) is 24.5 Å². The summed E-state index contributed by atoms with van der Waals surface area (Å²) in [5.74, 6) is 0.549. The third kappa shape index (κ3) is 5.42. The number of hydrazone groups is 1. The van der Waals surface area contributed by atoms with E-state index in [1.807, 2.05) is 62.4 Å². The van der Waals surface area contributed by atoms with Crippen LogP contribution in [0.1, 0.15) is 42.5 Å². The maximum absolute atomic E-state index is 13.1. The van der Waals surface area contributed by atoms with E-state index < -0.39 is 0 Å². The third-order valence-corrected chi connectivity index (χ3v) is 5.30. The van der Waals surface area contributed by atoms with Crippen LogP contribution in [0.3, 0.4) is 0 Å². The van der Waals surface area contributed by atoms with Crippen LogP contribution in [0.2, 0.25) is 0 Å². The van der Waals surface area contributed by atoms with Gasteiger partial charge in [0, 0.05) is 20.0 Å². The molecule has 7 heteroatoms. The van der Waals surface area contributed by atoms with Crippen molar-refractivity contribution in [2.24, 2.45) is 5.10 Å². The van der Waals surface area contributed by atoms with Crippen molar-refractivity contribution in [1.29, 1.82) is 0 Å². The molecular formula is C24H30N4O3. The molecule has 7 nitrogen and oxygen atoms in total. The molecule has 164 valence electrons. The van der Waals surface area contributed by atoms with Gasteiger partial charge in [0.2, 0.25) is 0 Å². The molecule has 0 aromatic heterocycles. The average Bonchev–Trinajstić information content (AvgIpc) is 3.23. The number of nitrogens with zero attached hydrogens (tertiary/aromatic N) is 3. The monoisotopic (exact) mass is 422 g/mol. The Morgan fingerprint density at radius 1 is 1.16 bits per heavy atom. The highest BCUT2D eigenvalue weighted by Crippen LogP contribution is 2.33. The number of aryl methyl sites for hydroxylation is 1. The molecule has 0 saturated carbocycles. The summed E-state index contributed by atoms with van der Waals surface area (Å²) < 4.78 is 5.24. The molecule has 2 aromatic rings. The van der Waals surface area contributed by atoms with Gasteiger partial charge in [-0.1, -0.05) is 36.8 Å². The zero-order chi connectivity index (χ0) is 22.4. The van der Waals surface area contributed by atoms with Gasteiger partial charge in [0.15, 0.2) is 0 Å². The number of ether oxygens (including phenoxy) is 1. The maximum atomic E-state index is 13.1. The molecule has 0 aliphatic carbocycles. The first kappa shape index (κ1) is 22.3. The van der Waals surface area contributed by atoms with E-state index in [0.717, 1.165) is 34.6 Å². The van der Waals surface area contributed by atoms with E-state index in [2.05, 4.69) is 10.4 Å². The van der Waals surface area contributed by atoms with Crippen molar-refractivity contribution in [2.75, 3.05) is 27.2 Å². The fraction of sp³-hybridized carbons (Fsp3) is 0.375. The van der Waals surface area contributed by atoms with E-state index in [0.29, 0.717) is 13.0 Å². The number of rotatable bonds is 7. The molecular weight excluding hydrogens is 392 g/mol. The topological polar surface area (TPSA) is 74.2 Å². The molecule has 1 aliphatic heterocycles. The number of methoxy groups -OCH3 is 1. The number of amides is 3. The molecule has 1 aliphatic rings. The summed E-state index contributed by atoms with van der Waals surface area (Å²) in [7, 11) is 3.25. The maximum Gasteiger partial charge on any atom is 0.317 e. The fourth-order valence-corrected chi connectivity index (χ4v) is 3.46. The van der Waals surface area contributed by atoms with Crippen LogP contribution in [0.15, 0.2) is 53.6 Å². The number of nitrogens with one attached hydrogen (secondary N) is 1. The number of benzene rings is 2. The number of hydrogen-bond donors (Lipinski definition) is 1. The van der Waals surface area contributed by atoms with Crippen LogP contribution >= 0.6 is 0 Å². The highest BCUT2D eigenvalue weighted by Gasteiger charge is 2.33. The van der Waals surface area contributed by atoms with Crippen LogP contribution in [0.4, 0.5) is 4.79 Å². The van der Waals surface area contributed by atoms with Crippen molar-refractivity contribution in [1.82, 2.24) is 15.2 Å². The lowest BCUT2D eigenvalue weighted by molar-refractivity contribution is -0.133. The third-order valence-electron chi connectivity index (χ3n) is 5.30. The number of likely N-dealkylation sites (N-methyl/N-ethyl adjacent to an activating group) is 1. The van der Waals surface area contributed by atoms with Gasteiger partial charge in [-0.05, 0) is 48.7 Å². The van der Waals surface area contributed by atoms with Crippen molar-refractivity contribution in [2.45, 2.75) is 32.7 Å². The van der Waals surface area contributed by atoms with Crippen molar-refractivity contribution in [3.8, 4) is 5.75 Å². The van der Waals surface area contributed by atoms with Gasteiger partial charge in [0.25, 0.3) is 5.91 Å². The molecule has 1 heterocycles. The largest absolute Gasteiger partial charge is 0.497 e. The molecule has 3 amide bonds. The quantitative estimate of drug-likeness (QED) is 0.739. The van der Waals surface area contributed by atoms with E-state index in [4.69, 9.17) is 4.74 Å². The second kappa shape index (κ2) is 10.1. The van der Waals surface area contributed by atoms with Gasteiger partial charge < -0.3 is 15.0 Å². The molecule has 0 saturated heterocycles. The number of hydrogen-bond acceptors (Lipinski definition) is 4. The summed E-state index contributed by atoms with van der Waals surface area (Å²) in [6.45, 7) is 4.55. The first-order valence-electron chi connectivity index (χ1n) is 10.5. The van der Waals surface area contributed by atoms with Crippen LogP contribution in [0.25, 0.3) is 0 Å². The Hall–Kier alpha value is -3.35. The number of carbonyl (C=O) groups is 2. The van der Waals surface area contributed by atoms with Crippen LogP contribution in [-0.2, 0) is 4.79 Å².